The Morgan fingerprint density at radius 3 is 2.44 bits per heavy atom. The molecule has 0 saturated carbocycles. The number of nitrogens with one attached hydrogen (secondary N) is 1. The topological polar surface area (TPSA) is 50.9 Å². The van der Waals surface area contributed by atoms with Gasteiger partial charge in [0.1, 0.15) is 0 Å². The van der Waals surface area contributed by atoms with E-state index in [0.717, 1.165) is 5.56 Å². The third-order valence-corrected chi connectivity index (χ3v) is 2.71. The van der Waals surface area contributed by atoms with Crippen molar-refractivity contribution in [2.75, 3.05) is 0 Å². The smallest absolute Gasteiger partial charge is 0.0713 e. The molecular weight excluding hydrogens is 198 g/mol. The maximum Gasteiger partial charge on any atom is 0.0713 e. The van der Waals surface area contributed by atoms with Crippen molar-refractivity contribution in [2.24, 2.45) is 5.84 Å². The molecule has 1 heterocycles. The summed E-state index contributed by atoms with van der Waals surface area (Å²) in [5, 5.41) is 0. The number of aryl methyl sites for hydroxylation is 1. The fourth-order valence-electron chi connectivity index (χ4n) is 1.83. The summed E-state index contributed by atoms with van der Waals surface area (Å²) in [5.74, 6) is 5.64. The van der Waals surface area contributed by atoms with Gasteiger partial charge in [0.2, 0.25) is 0 Å². The van der Waals surface area contributed by atoms with Gasteiger partial charge >= 0.3 is 0 Å². The van der Waals surface area contributed by atoms with E-state index in [1.807, 2.05) is 24.3 Å². The first-order valence-electron chi connectivity index (χ1n) is 5.24. The van der Waals surface area contributed by atoms with Crippen LogP contribution in [-0.2, 0) is 0 Å². The summed E-state index contributed by atoms with van der Waals surface area (Å²) >= 11 is 0. The minimum absolute atomic E-state index is 0.0178. The van der Waals surface area contributed by atoms with Crippen molar-refractivity contribution in [1.82, 2.24) is 10.4 Å². The molecule has 1 atom stereocenters. The van der Waals surface area contributed by atoms with Crippen LogP contribution in [0.4, 0.5) is 0 Å². The minimum Gasteiger partial charge on any atom is -0.271 e. The van der Waals surface area contributed by atoms with Gasteiger partial charge in [-0.2, -0.15) is 0 Å². The highest BCUT2D eigenvalue weighted by molar-refractivity contribution is 5.35. The number of hydrogen-bond acceptors (Lipinski definition) is 3. The molecular formula is C13H15N3. The van der Waals surface area contributed by atoms with Crippen LogP contribution in [0, 0.1) is 6.92 Å². The van der Waals surface area contributed by atoms with Crippen LogP contribution in [0.25, 0.3) is 0 Å². The standard InChI is InChI=1S/C13H15N3/c1-10-4-2-3-5-12(10)13(16-14)11-6-8-15-9-7-11/h2-9,13,16H,14H2,1H3. The van der Waals surface area contributed by atoms with E-state index in [1.54, 1.807) is 12.4 Å². The molecule has 1 aromatic heterocycles. The molecule has 0 bridgehead atoms. The molecule has 2 aromatic rings. The van der Waals surface area contributed by atoms with Crippen LogP contribution >= 0.6 is 0 Å². The lowest BCUT2D eigenvalue weighted by atomic mass is 9.96. The Morgan fingerprint density at radius 1 is 1.12 bits per heavy atom. The molecule has 0 amide bonds. The molecule has 0 fully saturated rings. The average molecular weight is 213 g/mol. The maximum absolute atomic E-state index is 5.64. The SMILES string of the molecule is Cc1ccccc1C(NN)c1ccncc1. The monoisotopic (exact) mass is 213 g/mol. The first kappa shape index (κ1) is 10.8. The first-order chi connectivity index (χ1) is 7.83. The van der Waals surface area contributed by atoms with E-state index in [2.05, 4.69) is 29.5 Å². The van der Waals surface area contributed by atoms with Gasteiger partial charge in [-0.25, -0.2) is 5.43 Å². The molecule has 0 aliphatic carbocycles. The Hall–Kier alpha value is -1.71. The molecule has 3 heteroatoms. The molecule has 16 heavy (non-hydrogen) atoms. The van der Waals surface area contributed by atoms with E-state index in [0.29, 0.717) is 0 Å². The third kappa shape index (κ3) is 2.10. The zero-order valence-corrected chi connectivity index (χ0v) is 9.22. The summed E-state index contributed by atoms with van der Waals surface area (Å²) in [6.07, 6.45) is 3.55. The lowest BCUT2D eigenvalue weighted by molar-refractivity contribution is 0.633. The number of benzene rings is 1. The van der Waals surface area contributed by atoms with Gasteiger partial charge in [0.05, 0.1) is 6.04 Å². The van der Waals surface area contributed by atoms with Gasteiger partial charge in [-0.15, -0.1) is 0 Å². The lowest BCUT2D eigenvalue weighted by Crippen LogP contribution is -2.29. The van der Waals surface area contributed by atoms with Crippen molar-refractivity contribution >= 4 is 0 Å². The van der Waals surface area contributed by atoms with Gasteiger partial charge in [0.15, 0.2) is 0 Å². The molecule has 1 aromatic carbocycles. The lowest BCUT2D eigenvalue weighted by Gasteiger charge is -2.18. The van der Waals surface area contributed by atoms with Crippen LogP contribution < -0.4 is 11.3 Å². The van der Waals surface area contributed by atoms with E-state index >= 15 is 0 Å². The molecule has 0 spiro atoms. The number of nitrogens with two attached hydrogens (primary N) is 1. The van der Waals surface area contributed by atoms with Crippen molar-refractivity contribution in [2.45, 2.75) is 13.0 Å². The summed E-state index contributed by atoms with van der Waals surface area (Å²) in [5.41, 5.74) is 6.38. The highest BCUT2D eigenvalue weighted by Gasteiger charge is 2.13. The summed E-state index contributed by atoms with van der Waals surface area (Å²) < 4.78 is 0. The second kappa shape index (κ2) is 4.88. The zero-order chi connectivity index (χ0) is 11.4. The highest BCUT2D eigenvalue weighted by Crippen LogP contribution is 2.23. The molecule has 1 unspecified atom stereocenters. The zero-order valence-electron chi connectivity index (χ0n) is 9.22. The predicted octanol–water partition coefficient (Wildman–Crippen LogP) is 1.94. The van der Waals surface area contributed by atoms with E-state index in [-0.39, 0.29) is 6.04 Å². The van der Waals surface area contributed by atoms with Gasteiger partial charge in [-0.1, -0.05) is 24.3 Å². The van der Waals surface area contributed by atoms with Gasteiger partial charge in [0, 0.05) is 12.4 Å². The summed E-state index contributed by atoms with van der Waals surface area (Å²) in [4.78, 5) is 4.01. The second-order valence-corrected chi connectivity index (χ2v) is 3.74. The fraction of sp³-hybridized carbons (Fsp3) is 0.154. The third-order valence-electron chi connectivity index (χ3n) is 2.71. The number of rotatable bonds is 3. The second-order valence-electron chi connectivity index (χ2n) is 3.74. The number of pyridine rings is 1. The fourth-order valence-corrected chi connectivity index (χ4v) is 1.83. The van der Waals surface area contributed by atoms with Gasteiger partial charge in [-0.3, -0.25) is 10.8 Å². The normalized spacial score (nSPS) is 12.4. The van der Waals surface area contributed by atoms with Gasteiger partial charge in [-0.05, 0) is 35.7 Å². The predicted molar refractivity (Wildman–Crippen MR) is 64.6 cm³/mol. The summed E-state index contributed by atoms with van der Waals surface area (Å²) in [7, 11) is 0. The Kier molecular flexibility index (Phi) is 3.29. The van der Waals surface area contributed by atoms with Crippen LogP contribution in [0.1, 0.15) is 22.7 Å². The van der Waals surface area contributed by atoms with Crippen LogP contribution in [0.15, 0.2) is 48.8 Å². The van der Waals surface area contributed by atoms with Crippen LogP contribution in [0.2, 0.25) is 0 Å². The minimum atomic E-state index is 0.0178. The number of hydrogen-bond donors (Lipinski definition) is 2. The van der Waals surface area contributed by atoms with E-state index in [4.69, 9.17) is 5.84 Å². The molecule has 3 N–H and O–H groups in total. The van der Waals surface area contributed by atoms with Crippen LogP contribution in [0.5, 0.6) is 0 Å². The van der Waals surface area contributed by atoms with Crippen molar-refractivity contribution in [3.63, 3.8) is 0 Å². The molecule has 2 rings (SSSR count). The van der Waals surface area contributed by atoms with Crippen molar-refractivity contribution < 1.29 is 0 Å². The average Bonchev–Trinajstić information content (AvgIpc) is 2.34. The van der Waals surface area contributed by atoms with Crippen molar-refractivity contribution in [3.8, 4) is 0 Å². The molecule has 3 nitrogen and oxygen atoms in total. The number of nitrogens with zero attached hydrogens (tertiary/aromatic N) is 1. The number of hydrazine groups is 1. The highest BCUT2D eigenvalue weighted by atomic mass is 15.2. The van der Waals surface area contributed by atoms with Gasteiger partial charge < -0.3 is 0 Å². The van der Waals surface area contributed by atoms with Crippen molar-refractivity contribution in [1.29, 1.82) is 0 Å². The van der Waals surface area contributed by atoms with Crippen molar-refractivity contribution in [3.05, 3.63) is 65.5 Å². The van der Waals surface area contributed by atoms with Crippen LogP contribution in [0.3, 0.4) is 0 Å². The summed E-state index contributed by atoms with van der Waals surface area (Å²) in [6, 6.07) is 12.2. The Bertz CT molecular complexity index is 454. The molecule has 0 aliphatic heterocycles. The van der Waals surface area contributed by atoms with E-state index < -0.39 is 0 Å². The summed E-state index contributed by atoms with van der Waals surface area (Å²) in [6.45, 7) is 2.08. The number of aromatic nitrogens is 1. The Balaban J connectivity index is 2.41. The maximum atomic E-state index is 5.64. The largest absolute Gasteiger partial charge is 0.271 e. The Morgan fingerprint density at radius 2 is 1.81 bits per heavy atom. The molecule has 0 aliphatic rings. The Labute approximate surface area is 95.3 Å². The van der Waals surface area contributed by atoms with E-state index in [9.17, 15) is 0 Å². The first-order valence-corrected chi connectivity index (χ1v) is 5.24. The molecule has 0 radical (unpaired) electrons. The molecule has 0 saturated heterocycles. The van der Waals surface area contributed by atoms with Gasteiger partial charge in [0.25, 0.3) is 0 Å². The molecule has 82 valence electrons. The van der Waals surface area contributed by atoms with Crippen LogP contribution in [-0.4, -0.2) is 4.98 Å². The van der Waals surface area contributed by atoms with E-state index in [1.165, 1.54) is 11.1 Å². The quantitative estimate of drug-likeness (QED) is 0.605.